The normalized spacial score (nSPS) is 16.5. The van der Waals surface area contributed by atoms with Crippen molar-refractivity contribution in [2.24, 2.45) is 0 Å². The number of rotatable bonds is 1. The Hall–Kier alpha value is -4.26. The molecule has 0 atom stereocenters. The van der Waals surface area contributed by atoms with E-state index >= 15 is 0 Å². The topological polar surface area (TPSA) is 88.1 Å². The Morgan fingerprint density at radius 1 is 0.722 bits per heavy atom. The first-order valence-corrected chi connectivity index (χ1v) is 11.5. The van der Waals surface area contributed by atoms with Crippen molar-refractivity contribution in [2.45, 2.75) is 38.9 Å². The summed E-state index contributed by atoms with van der Waals surface area (Å²) in [6.07, 6.45) is 5.98. The molecule has 0 saturated heterocycles. The monoisotopic (exact) mass is 486 g/mol. The summed E-state index contributed by atoms with van der Waals surface area (Å²) in [5.41, 5.74) is 1.44. The molecule has 0 bridgehead atoms. The number of fused-ring (bicyclic) bond motifs is 4. The molecule has 4 aromatic rings. The van der Waals surface area contributed by atoms with Gasteiger partial charge in [-0.25, -0.2) is 9.59 Å². The Morgan fingerprint density at radius 3 is 1.94 bits per heavy atom. The zero-order valence-corrected chi connectivity index (χ0v) is 20.7. The van der Waals surface area contributed by atoms with Crippen LogP contribution in [-0.2, 0) is 4.74 Å². The second kappa shape index (κ2) is 8.45. The molecule has 0 amide bonds. The van der Waals surface area contributed by atoms with Gasteiger partial charge in [-0.05, 0) is 58.0 Å². The molecule has 36 heavy (non-hydrogen) atoms. The first-order chi connectivity index (χ1) is 17.0. The fraction of sp³-hybridized carbons (Fsp3) is 0.241. The number of ether oxygens (including phenoxy) is 3. The number of methoxy groups -OCH3 is 1. The van der Waals surface area contributed by atoms with Gasteiger partial charge in [0.1, 0.15) is 39.6 Å². The Kier molecular flexibility index (Phi) is 5.51. The van der Waals surface area contributed by atoms with E-state index < -0.39 is 5.60 Å². The molecule has 0 saturated carbocycles. The third-order valence-electron chi connectivity index (χ3n) is 5.85. The minimum atomic E-state index is -0.457. The summed E-state index contributed by atoms with van der Waals surface area (Å²) in [5, 5.41) is 1.74. The average molecular weight is 487 g/mol. The first kappa shape index (κ1) is 23.5. The zero-order valence-electron chi connectivity index (χ0n) is 20.7. The Balaban J connectivity index is 0.000000149. The van der Waals surface area contributed by atoms with Crippen LogP contribution < -0.4 is 20.7 Å². The molecule has 0 N–H and O–H groups in total. The van der Waals surface area contributed by atoms with Crippen molar-refractivity contribution in [3.05, 3.63) is 92.7 Å². The maximum atomic E-state index is 11.3. The molecule has 0 unspecified atom stereocenters. The van der Waals surface area contributed by atoms with Crippen molar-refractivity contribution >= 4 is 33.8 Å². The van der Waals surface area contributed by atoms with E-state index in [1.807, 2.05) is 58.1 Å². The highest BCUT2D eigenvalue weighted by Crippen LogP contribution is 2.38. The SMILES string of the molecule is CC1(C)C=Cc2cc3ccc(=O)oc3cc2O1.COC1=CC(C)(C)Oc2cc3oc(=O)ccc3cc21. The van der Waals surface area contributed by atoms with Crippen molar-refractivity contribution in [3.8, 4) is 11.5 Å². The molecule has 2 aliphatic heterocycles. The van der Waals surface area contributed by atoms with Gasteiger partial charge in [-0.3, -0.25) is 0 Å². The van der Waals surface area contributed by atoms with Gasteiger partial charge in [-0.15, -0.1) is 0 Å². The second-order valence-electron chi connectivity index (χ2n) is 9.78. The van der Waals surface area contributed by atoms with Gasteiger partial charge in [0.25, 0.3) is 0 Å². The van der Waals surface area contributed by atoms with Crippen LogP contribution >= 0.6 is 0 Å². The van der Waals surface area contributed by atoms with E-state index in [1.165, 1.54) is 12.1 Å². The van der Waals surface area contributed by atoms with E-state index in [0.717, 1.165) is 33.4 Å². The minimum Gasteiger partial charge on any atom is -0.496 e. The molecule has 0 aliphatic carbocycles. The van der Waals surface area contributed by atoms with Gasteiger partial charge in [0.2, 0.25) is 0 Å². The van der Waals surface area contributed by atoms with Crippen LogP contribution in [0.4, 0.5) is 0 Å². The molecule has 6 rings (SSSR count). The van der Waals surface area contributed by atoms with Crippen LogP contribution in [0, 0.1) is 0 Å². The highest BCUT2D eigenvalue weighted by molar-refractivity contribution is 5.85. The first-order valence-electron chi connectivity index (χ1n) is 11.5. The molecule has 0 fully saturated rings. The van der Waals surface area contributed by atoms with Gasteiger partial charge in [0.05, 0.1) is 12.7 Å². The molecule has 0 spiro atoms. The summed E-state index contributed by atoms with van der Waals surface area (Å²) in [7, 11) is 1.63. The van der Waals surface area contributed by atoms with Crippen LogP contribution in [0.2, 0.25) is 0 Å². The number of benzene rings is 2. The third-order valence-corrected chi connectivity index (χ3v) is 5.85. The molecule has 2 aliphatic rings. The molecule has 2 aromatic heterocycles. The number of hydrogen-bond acceptors (Lipinski definition) is 7. The van der Waals surface area contributed by atoms with Gasteiger partial charge >= 0.3 is 11.3 Å². The number of hydrogen-bond donors (Lipinski definition) is 0. The quantitative estimate of drug-likeness (QED) is 0.308. The van der Waals surface area contributed by atoms with E-state index in [9.17, 15) is 9.59 Å². The molecule has 0 radical (unpaired) electrons. The van der Waals surface area contributed by atoms with E-state index in [1.54, 1.807) is 31.4 Å². The van der Waals surface area contributed by atoms with Gasteiger partial charge in [0, 0.05) is 46.7 Å². The molecular weight excluding hydrogens is 460 g/mol. The smallest absolute Gasteiger partial charge is 0.336 e. The van der Waals surface area contributed by atoms with Crippen molar-refractivity contribution in [1.82, 2.24) is 0 Å². The van der Waals surface area contributed by atoms with E-state index in [4.69, 9.17) is 23.0 Å². The lowest BCUT2D eigenvalue weighted by Crippen LogP contribution is -2.29. The second-order valence-corrected chi connectivity index (χ2v) is 9.78. The van der Waals surface area contributed by atoms with Gasteiger partial charge in [-0.2, -0.15) is 0 Å². The summed E-state index contributed by atoms with van der Waals surface area (Å²) in [5.74, 6) is 2.17. The highest BCUT2D eigenvalue weighted by atomic mass is 16.5. The fourth-order valence-corrected chi connectivity index (χ4v) is 4.19. The summed E-state index contributed by atoms with van der Waals surface area (Å²) in [6.45, 7) is 7.86. The zero-order chi connectivity index (χ0) is 25.7. The van der Waals surface area contributed by atoms with Crippen LogP contribution in [0.15, 0.2) is 79.1 Å². The van der Waals surface area contributed by atoms with Crippen LogP contribution in [0.5, 0.6) is 11.5 Å². The lowest BCUT2D eigenvalue weighted by Gasteiger charge is -2.30. The van der Waals surface area contributed by atoms with Crippen molar-refractivity contribution < 1.29 is 23.0 Å². The van der Waals surface area contributed by atoms with Crippen molar-refractivity contribution in [3.63, 3.8) is 0 Å². The molecule has 184 valence electrons. The predicted octanol–water partition coefficient (Wildman–Crippen LogP) is 5.93. The van der Waals surface area contributed by atoms with Crippen LogP contribution in [-0.4, -0.2) is 18.3 Å². The maximum absolute atomic E-state index is 11.3. The summed E-state index contributed by atoms with van der Waals surface area (Å²) in [6, 6.07) is 13.7. The van der Waals surface area contributed by atoms with Gasteiger partial charge in [0.15, 0.2) is 0 Å². The van der Waals surface area contributed by atoms with E-state index in [-0.39, 0.29) is 16.9 Å². The molecule has 7 nitrogen and oxygen atoms in total. The predicted molar refractivity (Wildman–Crippen MR) is 138 cm³/mol. The highest BCUT2D eigenvalue weighted by Gasteiger charge is 2.28. The average Bonchev–Trinajstić information content (AvgIpc) is 2.80. The Bertz CT molecular complexity index is 1670. The van der Waals surface area contributed by atoms with Gasteiger partial charge < -0.3 is 23.0 Å². The Morgan fingerprint density at radius 2 is 1.31 bits per heavy atom. The van der Waals surface area contributed by atoms with E-state index in [2.05, 4.69) is 0 Å². The fourth-order valence-electron chi connectivity index (χ4n) is 4.19. The molecule has 2 aromatic carbocycles. The maximum Gasteiger partial charge on any atom is 0.336 e. The standard InChI is InChI=1S/C15H14O4.C14H12O3/c1-15(2)8-13(17-3)10-6-9-4-5-14(16)18-11(9)7-12(10)19-15;1-14(2)6-5-10-7-9-3-4-13(15)16-11(9)8-12(10)17-14/h4-8H,1-3H3;3-8H,1-2H3. The Labute approximate surface area is 207 Å². The van der Waals surface area contributed by atoms with Crippen molar-refractivity contribution in [2.75, 3.05) is 7.11 Å². The molecule has 4 heterocycles. The minimum absolute atomic E-state index is 0.324. The van der Waals surface area contributed by atoms with Gasteiger partial charge in [-0.1, -0.05) is 6.08 Å². The molecular formula is C29H26O7. The summed E-state index contributed by atoms with van der Waals surface area (Å²) < 4.78 is 27.4. The van der Waals surface area contributed by atoms with Crippen molar-refractivity contribution in [1.29, 1.82) is 0 Å². The van der Waals surface area contributed by atoms with Crippen LogP contribution in [0.25, 0.3) is 33.8 Å². The third kappa shape index (κ3) is 4.64. The largest absolute Gasteiger partial charge is 0.496 e. The van der Waals surface area contributed by atoms with Crippen LogP contribution in [0.1, 0.15) is 38.8 Å². The lowest BCUT2D eigenvalue weighted by atomic mass is 9.99. The van der Waals surface area contributed by atoms with E-state index in [0.29, 0.717) is 16.9 Å². The lowest BCUT2D eigenvalue weighted by molar-refractivity contribution is 0.151. The summed E-state index contributed by atoms with van der Waals surface area (Å²) >= 11 is 0. The van der Waals surface area contributed by atoms with Crippen LogP contribution in [0.3, 0.4) is 0 Å². The molecule has 7 heteroatoms. The summed E-state index contributed by atoms with van der Waals surface area (Å²) in [4.78, 5) is 22.4.